The van der Waals surface area contributed by atoms with Crippen molar-refractivity contribution >= 4 is 11.9 Å². The van der Waals surface area contributed by atoms with Gasteiger partial charge in [0.1, 0.15) is 11.5 Å². The predicted molar refractivity (Wildman–Crippen MR) is 110 cm³/mol. The van der Waals surface area contributed by atoms with Crippen LogP contribution in [0.3, 0.4) is 0 Å². The number of hydrogen-bond donors (Lipinski definition) is 1. The Kier molecular flexibility index (Phi) is 6.48. The van der Waals surface area contributed by atoms with Gasteiger partial charge >= 0.3 is 6.01 Å². The van der Waals surface area contributed by atoms with E-state index in [0.717, 1.165) is 23.3 Å². The number of nitrogens with one attached hydrogen (secondary N) is 1. The Morgan fingerprint density at radius 3 is 2.57 bits per heavy atom. The minimum Gasteiger partial charge on any atom is -0.496 e. The number of rotatable bonds is 8. The molecule has 2 unspecified atom stereocenters. The third-order valence-electron chi connectivity index (χ3n) is 5.00. The zero-order chi connectivity index (χ0) is 19.9. The van der Waals surface area contributed by atoms with E-state index in [1.807, 2.05) is 54.6 Å². The van der Waals surface area contributed by atoms with Crippen molar-refractivity contribution in [2.75, 3.05) is 12.4 Å². The van der Waals surface area contributed by atoms with Gasteiger partial charge in [0.15, 0.2) is 0 Å². The van der Waals surface area contributed by atoms with E-state index >= 15 is 0 Å². The van der Waals surface area contributed by atoms with E-state index in [9.17, 15) is 4.79 Å². The molecule has 1 aromatic heterocycles. The van der Waals surface area contributed by atoms with Crippen molar-refractivity contribution in [3.8, 4) is 5.75 Å². The van der Waals surface area contributed by atoms with Gasteiger partial charge in [0.25, 0.3) is 0 Å². The number of anilines is 1. The lowest BCUT2D eigenvalue weighted by atomic mass is 9.85. The monoisotopic (exact) mass is 378 g/mol. The van der Waals surface area contributed by atoms with Gasteiger partial charge in [0, 0.05) is 12.0 Å². The van der Waals surface area contributed by atoms with Crippen LogP contribution in [0, 0.1) is 5.92 Å². The topological polar surface area (TPSA) is 64.4 Å². The molecule has 1 N–H and O–H groups in total. The van der Waals surface area contributed by atoms with Gasteiger partial charge in [0.05, 0.1) is 19.2 Å². The lowest BCUT2D eigenvalue weighted by Crippen LogP contribution is -2.26. The number of nitrogens with zero attached hydrogens (tertiary/aromatic N) is 1. The van der Waals surface area contributed by atoms with Crippen molar-refractivity contribution in [1.82, 2.24) is 4.98 Å². The summed E-state index contributed by atoms with van der Waals surface area (Å²) in [5, 5.41) is 2.84. The van der Waals surface area contributed by atoms with Crippen molar-refractivity contribution in [3.63, 3.8) is 0 Å². The number of amides is 1. The third kappa shape index (κ3) is 4.60. The number of methoxy groups -OCH3 is 1. The first-order valence-electron chi connectivity index (χ1n) is 9.54. The van der Waals surface area contributed by atoms with Gasteiger partial charge in [-0.1, -0.05) is 68.8 Å². The molecule has 0 aliphatic heterocycles. The summed E-state index contributed by atoms with van der Waals surface area (Å²) >= 11 is 0. The third-order valence-corrected chi connectivity index (χ3v) is 5.00. The fraction of sp³-hybridized carbons (Fsp3) is 0.304. The maximum atomic E-state index is 13.0. The van der Waals surface area contributed by atoms with Crippen LogP contribution in [0.4, 0.5) is 6.01 Å². The molecule has 0 bridgehead atoms. The molecule has 1 amide bonds. The average Bonchev–Trinajstić information content (AvgIpc) is 3.16. The minimum absolute atomic E-state index is 0.105. The molecule has 0 spiro atoms. The van der Waals surface area contributed by atoms with Crippen molar-refractivity contribution < 1.29 is 13.9 Å². The van der Waals surface area contributed by atoms with Crippen LogP contribution in [0.15, 0.2) is 65.2 Å². The van der Waals surface area contributed by atoms with Crippen LogP contribution in [0.5, 0.6) is 5.75 Å². The Balaban J connectivity index is 1.73. The van der Waals surface area contributed by atoms with E-state index < -0.39 is 0 Å². The molecule has 0 radical (unpaired) electrons. The maximum absolute atomic E-state index is 13.0. The molecular formula is C23H26N2O3. The van der Waals surface area contributed by atoms with Gasteiger partial charge < -0.3 is 9.15 Å². The van der Waals surface area contributed by atoms with E-state index in [-0.39, 0.29) is 23.8 Å². The van der Waals surface area contributed by atoms with Gasteiger partial charge in [-0.3, -0.25) is 10.1 Å². The lowest BCUT2D eigenvalue weighted by molar-refractivity contribution is -0.118. The van der Waals surface area contributed by atoms with Crippen LogP contribution in [0.1, 0.15) is 43.1 Å². The molecule has 28 heavy (non-hydrogen) atoms. The largest absolute Gasteiger partial charge is 0.496 e. The molecule has 0 aliphatic carbocycles. The summed E-state index contributed by atoms with van der Waals surface area (Å²) in [4.78, 5) is 17.2. The van der Waals surface area contributed by atoms with Crippen LogP contribution in [0.25, 0.3) is 0 Å². The number of carbonyl (C=O) groups is 1. The Morgan fingerprint density at radius 1 is 1.14 bits per heavy atom. The number of carbonyl (C=O) groups excluding carboxylic acids is 1. The minimum atomic E-state index is -0.254. The highest BCUT2D eigenvalue weighted by Crippen LogP contribution is 2.29. The SMILES string of the molecule is CCC(C)C(C(=O)Nc1ncc(Cc2ccccc2OC)o1)c1ccccc1. The van der Waals surface area contributed by atoms with Gasteiger partial charge in [-0.25, -0.2) is 4.98 Å². The van der Waals surface area contributed by atoms with Gasteiger partial charge in [0.2, 0.25) is 5.91 Å². The van der Waals surface area contributed by atoms with Crippen LogP contribution < -0.4 is 10.1 Å². The highest BCUT2D eigenvalue weighted by atomic mass is 16.5. The van der Waals surface area contributed by atoms with Crippen molar-refractivity contribution in [3.05, 3.63) is 77.7 Å². The zero-order valence-corrected chi connectivity index (χ0v) is 16.5. The Hall–Kier alpha value is -3.08. The summed E-state index contributed by atoms with van der Waals surface area (Å²) in [5.74, 6) is 1.30. The normalized spacial score (nSPS) is 13.0. The Bertz CT molecular complexity index is 905. The molecule has 1 heterocycles. The lowest BCUT2D eigenvalue weighted by Gasteiger charge is -2.21. The fourth-order valence-electron chi connectivity index (χ4n) is 3.30. The number of ether oxygens (including phenoxy) is 1. The number of hydrogen-bond acceptors (Lipinski definition) is 4. The predicted octanol–water partition coefficient (Wildman–Crippen LogP) is 5.04. The molecule has 0 fully saturated rings. The summed E-state index contributed by atoms with van der Waals surface area (Å²) in [5.41, 5.74) is 2.00. The molecule has 5 nitrogen and oxygen atoms in total. The average molecular weight is 378 g/mol. The fourth-order valence-corrected chi connectivity index (χ4v) is 3.30. The number of oxazole rings is 1. The highest BCUT2D eigenvalue weighted by Gasteiger charge is 2.27. The Morgan fingerprint density at radius 2 is 1.86 bits per heavy atom. The molecule has 2 aromatic carbocycles. The molecule has 0 saturated carbocycles. The first kappa shape index (κ1) is 19.7. The summed E-state index contributed by atoms with van der Waals surface area (Å²) in [6, 6.07) is 17.8. The van der Waals surface area contributed by atoms with Crippen LogP contribution in [-0.2, 0) is 11.2 Å². The second-order valence-corrected chi connectivity index (χ2v) is 6.88. The van der Waals surface area contributed by atoms with E-state index in [0.29, 0.717) is 12.2 Å². The van der Waals surface area contributed by atoms with Crippen LogP contribution in [0.2, 0.25) is 0 Å². The first-order valence-corrected chi connectivity index (χ1v) is 9.54. The summed E-state index contributed by atoms with van der Waals surface area (Å²) in [6.07, 6.45) is 3.08. The van der Waals surface area contributed by atoms with Gasteiger partial charge in [-0.05, 0) is 17.5 Å². The summed E-state index contributed by atoms with van der Waals surface area (Å²) in [6.45, 7) is 4.17. The number of aromatic nitrogens is 1. The quantitative estimate of drug-likeness (QED) is 0.596. The van der Waals surface area contributed by atoms with Crippen LogP contribution in [-0.4, -0.2) is 18.0 Å². The van der Waals surface area contributed by atoms with Gasteiger partial charge in [-0.2, -0.15) is 0 Å². The zero-order valence-electron chi connectivity index (χ0n) is 16.5. The van der Waals surface area contributed by atoms with E-state index in [1.54, 1.807) is 13.3 Å². The second kappa shape index (κ2) is 9.22. The molecule has 0 saturated heterocycles. The van der Waals surface area contributed by atoms with E-state index in [2.05, 4.69) is 24.1 Å². The molecule has 5 heteroatoms. The number of benzene rings is 2. The Labute approximate surface area is 165 Å². The molecule has 146 valence electrons. The molecule has 2 atom stereocenters. The summed E-state index contributed by atoms with van der Waals surface area (Å²) < 4.78 is 11.1. The molecule has 0 aliphatic rings. The van der Waals surface area contributed by atoms with Crippen molar-refractivity contribution in [2.24, 2.45) is 5.92 Å². The van der Waals surface area contributed by atoms with E-state index in [4.69, 9.17) is 9.15 Å². The standard InChI is InChI=1S/C23H26N2O3/c1-4-16(2)21(17-10-6-5-7-11-17)22(26)25-23-24-15-19(28-23)14-18-12-8-9-13-20(18)27-3/h5-13,15-16,21H,4,14H2,1-3H3,(H,24,25,26). The van der Waals surface area contributed by atoms with Gasteiger partial charge in [-0.15, -0.1) is 0 Å². The number of para-hydroxylation sites is 1. The van der Waals surface area contributed by atoms with Crippen molar-refractivity contribution in [2.45, 2.75) is 32.6 Å². The first-order chi connectivity index (χ1) is 13.6. The highest BCUT2D eigenvalue weighted by molar-refractivity contribution is 5.94. The second-order valence-electron chi connectivity index (χ2n) is 6.88. The molecular weight excluding hydrogens is 352 g/mol. The molecule has 3 aromatic rings. The summed E-state index contributed by atoms with van der Waals surface area (Å²) in [7, 11) is 1.64. The van der Waals surface area contributed by atoms with E-state index in [1.165, 1.54) is 0 Å². The smallest absolute Gasteiger partial charge is 0.301 e. The van der Waals surface area contributed by atoms with Crippen molar-refractivity contribution in [1.29, 1.82) is 0 Å². The maximum Gasteiger partial charge on any atom is 0.301 e. The van der Waals surface area contributed by atoms with Crippen LogP contribution >= 0.6 is 0 Å². The molecule has 3 rings (SSSR count).